The van der Waals surface area contributed by atoms with E-state index < -0.39 is 0 Å². The molecule has 3 N–H and O–H groups in total. The maximum atomic E-state index is 10.7. The Hall–Kier alpha value is -0.220. The van der Waals surface area contributed by atoms with E-state index in [1.165, 1.54) is 0 Å². The zero-order chi connectivity index (χ0) is 8.69. The van der Waals surface area contributed by atoms with Crippen molar-refractivity contribution < 1.29 is 4.79 Å². The summed E-state index contributed by atoms with van der Waals surface area (Å²) in [5.74, 6) is 2.09. The van der Waals surface area contributed by atoms with Gasteiger partial charge in [0.1, 0.15) is 0 Å². The molecule has 0 aliphatic rings. The monoisotopic (exact) mass is 176 g/mol. The van der Waals surface area contributed by atoms with Crippen LogP contribution in [-0.2, 0) is 4.79 Å². The number of hydrogen-bond acceptors (Lipinski definition) is 3. The Kier molecular flexibility index (Phi) is 6.36. The molecule has 4 heteroatoms. The smallest absolute Gasteiger partial charge is 0.229 e. The van der Waals surface area contributed by atoms with Crippen LogP contribution in [0.15, 0.2) is 0 Å². The van der Waals surface area contributed by atoms with Gasteiger partial charge in [0.2, 0.25) is 5.91 Å². The molecule has 1 amide bonds. The van der Waals surface area contributed by atoms with E-state index in [2.05, 4.69) is 12.2 Å². The molecule has 0 aromatic rings. The molecule has 0 rings (SSSR count). The molecule has 11 heavy (non-hydrogen) atoms. The third-order valence-electron chi connectivity index (χ3n) is 1.32. The molecule has 1 atom stereocenters. The van der Waals surface area contributed by atoms with Gasteiger partial charge in [0.05, 0.1) is 5.75 Å². The number of carbonyl (C=O) groups excluding carboxylic acids is 1. The predicted molar refractivity (Wildman–Crippen MR) is 49.6 cm³/mol. The molecule has 0 aromatic heterocycles. The van der Waals surface area contributed by atoms with Crippen LogP contribution < -0.4 is 11.1 Å². The van der Waals surface area contributed by atoms with Gasteiger partial charge in [0.15, 0.2) is 0 Å². The second-order valence-electron chi connectivity index (χ2n) is 2.53. The van der Waals surface area contributed by atoms with Crippen LogP contribution in [0.25, 0.3) is 0 Å². The lowest BCUT2D eigenvalue weighted by atomic mass is 10.2. The van der Waals surface area contributed by atoms with Gasteiger partial charge in [0.25, 0.3) is 0 Å². The molecule has 1 unspecified atom stereocenters. The Morgan fingerprint density at radius 3 is 2.82 bits per heavy atom. The fourth-order valence-electron chi connectivity index (χ4n) is 0.493. The van der Waals surface area contributed by atoms with Crippen molar-refractivity contribution in [1.29, 1.82) is 0 Å². The van der Waals surface area contributed by atoms with Crippen molar-refractivity contribution in [2.24, 2.45) is 11.7 Å². The van der Waals surface area contributed by atoms with Gasteiger partial charge in [-0.2, -0.15) is 11.8 Å². The summed E-state index contributed by atoms with van der Waals surface area (Å²) in [6.45, 7) is 2.78. The second kappa shape index (κ2) is 6.49. The number of carbonyl (C=O) groups is 1. The lowest BCUT2D eigenvalue weighted by Gasteiger charge is -2.06. The number of amides is 1. The average molecular weight is 176 g/mol. The third-order valence-corrected chi connectivity index (χ3v) is 2.59. The van der Waals surface area contributed by atoms with E-state index in [1.807, 2.05) is 0 Å². The zero-order valence-electron chi connectivity index (χ0n) is 7.09. The number of hydrogen-bond donors (Lipinski definition) is 2. The Bertz CT molecular complexity index is 119. The molecule has 0 heterocycles. The Morgan fingerprint density at radius 1 is 1.73 bits per heavy atom. The SMILES string of the molecule is CNC(=O)CSCC(C)CN. The first-order valence-corrected chi connectivity index (χ1v) is 4.84. The number of rotatable bonds is 5. The molecule has 0 spiro atoms. The molecule has 0 aliphatic carbocycles. The van der Waals surface area contributed by atoms with Crippen LogP contribution in [0.5, 0.6) is 0 Å². The van der Waals surface area contributed by atoms with Crippen molar-refractivity contribution in [1.82, 2.24) is 5.32 Å². The van der Waals surface area contributed by atoms with Crippen molar-refractivity contribution in [3.63, 3.8) is 0 Å². The minimum atomic E-state index is 0.0826. The van der Waals surface area contributed by atoms with E-state index in [1.54, 1.807) is 18.8 Å². The summed E-state index contributed by atoms with van der Waals surface area (Å²) in [5.41, 5.74) is 5.41. The van der Waals surface area contributed by atoms with E-state index in [-0.39, 0.29) is 5.91 Å². The Morgan fingerprint density at radius 2 is 2.36 bits per heavy atom. The summed E-state index contributed by atoms with van der Waals surface area (Å²) in [4.78, 5) is 10.7. The lowest BCUT2D eigenvalue weighted by Crippen LogP contribution is -2.21. The van der Waals surface area contributed by atoms with Gasteiger partial charge in [-0.05, 0) is 18.2 Å². The molecular formula is C7H16N2OS. The van der Waals surface area contributed by atoms with Crippen LogP contribution in [-0.4, -0.2) is 31.0 Å². The van der Waals surface area contributed by atoms with Crippen LogP contribution in [0, 0.1) is 5.92 Å². The fraction of sp³-hybridized carbons (Fsp3) is 0.857. The highest BCUT2D eigenvalue weighted by Gasteiger charge is 2.01. The lowest BCUT2D eigenvalue weighted by molar-refractivity contribution is -0.118. The highest BCUT2D eigenvalue weighted by atomic mass is 32.2. The summed E-state index contributed by atoms with van der Waals surface area (Å²) >= 11 is 1.63. The maximum Gasteiger partial charge on any atom is 0.229 e. The van der Waals surface area contributed by atoms with Crippen molar-refractivity contribution in [3.05, 3.63) is 0 Å². The second-order valence-corrected chi connectivity index (χ2v) is 3.56. The van der Waals surface area contributed by atoms with E-state index in [0.29, 0.717) is 18.2 Å². The van der Waals surface area contributed by atoms with E-state index >= 15 is 0 Å². The highest BCUT2D eigenvalue weighted by Crippen LogP contribution is 2.05. The minimum absolute atomic E-state index is 0.0826. The average Bonchev–Trinajstić information content (AvgIpc) is 2.04. The third kappa shape index (κ3) is 6.19. The normalized spacial score (nSPS) is 12.6. The molecule has 0 fully saturated rings. The Labute approximate surface area is 72.1 Å². The van der Waals surface area contributed by atoms with Crippen LogP contribution in [0.1, 0.15) is 6.92 Å². The number of nitrogens with two attached hydrogens (primary N) is 1. The first-order chi connectivity index (χ1) is 5.20. The summed E-state index contributed by atoms with van der Waals surface area (Å²) < 4.78 is 0. The van der Waals surface area contributed by atoms with Gasteiger partial charge >= 0.3 is 0 Å². The standard InChI is InChI=1S/C7H16N2OS/c1-6(3-8)4-11-5-7(10)9-2/h6H,3-5,8H2,1-2H3,(H,9,10). The van der Waals surface area contributed by atoms with Crippen LogP contribution in [0.3, 0.4) is 0 Å². The van der Waals surface area contributed by atoms with E-state index in [9.17, 15) is 4.79 Å². The largest absolute Gasteiger partial charge is 0.358 e. The summed E-state index contributed by atoms with van der Waals surface area (Å²) in [6.07, 6.45) is 0. The molecule has 3 nitrogen and oxygen atoms in total. The first-order valence-electron chi connectivity index (χ1n) is 3.69. The molecule has 66 valence electrons. The van der Waals surface area contributed by atoms with Crippen LogP contribution in [0.2, 0.25) is 0 Å². The number of nitrogens with one attached hydrogen (secondary N) is 1. The van der Waals surface area contributed by atoms with Crippen molar-refractivity contribution in [2.45, 2.75) is 6.92 Å². The summed E-state index contributed by atoms with van der Waals surface area (Å²) in [5, 5.41) is 2.57. The molecule has 0 aliphatic heterocycles. The molecule has 0 saturated heterocycles. The van der Waals surface area contributed by atoms with Gasteiger partial charge in [-0.25, -0.2) is 0 Å². The fourth-order valence-corrected chi connectivity index (χ4v) is 1.48. The summed E-state index contributed by atoms with van der Waals surface area (Å²) in [6, 6.07) is 0. The van der Waals surface area contributed by atoms with E-state index in [0.717, 1.165) is 5.75 Å². The van der Waals surface area contributed by atoms with Gasteiger partial charge in [-0.1, -0.05) is 6.92 Å². The zero-order valence-corrected chi connectivity index (χ0v) is 7.91. The van der Waals surface area contributed by atoms with E-state index in [4.69, 9.17) is 5.73 Å². The van der Waals surface area contributed by atoms with Gasteiger partial charge < -0.3 is 11.1 Å². The van der Waals surface area contributed by atoms with Crippen molar-refractivity contribution in [2.75, 3.05) is 25.1 Å². The molecule has 0 aromatic carbocycles. The highest BCUT2D eigenvalue weighted by molar-refractivity contribution is 7.99. The molecular weight excluding hydrogens is 160 g/mol. The van der Waals surface area contributed by atoms with Gasteiger partial charge in [-0.15, -0.1) is 0 Å². The Balaban J connectivity index is 3.20. The number of thioether (sulfide) groups is 1. The summed E-state index contributed by atoms with van der Waals surface area (Å²) in [7, 11) is 1.65. The topological polar surface area (TPSA) is 55.1 Å². The molecule has 0 saturated carbocycles. The van der Waals surface area contributed by atoms with Crippen LogP contribution in [0.4, 0.5) is 0 Å². The predicted octanol–water partition coefficient (Wildman–Crippen LogP) is 0.0604. The van der Waals surface area contributed by atoms with Crippen LogP contribution >= 0.6 is 11.8 Å². The van der Waals surface area contributed by atoms with Gasteiger partial charge in [0, 0.05) is 7.05 Å². The first kappa shape index (κ1) is 10.8. The quantitative estimate of drug-likeness (QED) is 0.623. The minimum Gasteiger partial charge on any atom is -0.358 e. The van der Waals surface area contributed by atoms with Crippen molar-refractivity contribution >= 4 is 17.7 Å². The van der Waals surface area contributed by atoms with Gasteiger partial charge in [-0.3, -0.25) is 4.79 Å². The molecule has 0 bridgehead atoms. The molecule has 0 radical (unpaired) electrons. The van der Waals surface area contributed by atoms with Crippen molar-refractivity contribution in [3.8, 4) is 0 Å². The maximum absolute atomic E-state index is 10.7.